The highest BCUT2D eigenvalue weighted by molar-refractivity contribution is 5.91. The van der Waals surface area contributed by atoms with Crippen LogP contribution in [0.5, 0.6) is 5.75 Å². The van der Waals surface area contributed by atoms with Gasteiger partial charge in [0, 0.05) is 12.1 Å². The Hall–Kier alpha value is -2.82. The van der Waals surface area contributed by atoms with Gasteiger partial charge in [0.25, 0.3) is 0 Å². The molecule has 2 unspecified atom stereocenters. The lowest BCUT2D eigenvalue weighted by Crippen LogP contribution is -2.15. The van der Waals surface area contributed by atoms with Crippen LogP contribution in [0.2, 0.25) is 0 Å². The Bertz CT molecular complexity index is 757. The number of rotatable bonds is 7. The summed E-state index contributed by atoms with van der Waals surface area (Å²) >= 11 is 0. The highest BCUT2D eigenvalue weighted by Crippen LogP contribution is 2.24. The first kappa shape index (κ1) is 18.5. The molecule has 132 valence electrons. The first-order valence-electron chi connectivity index (χ1n) is 8.17. The van der Waals surface area contributed by atoms with Crippen molar-refractivity contribution in [2.45, 2.75) is 32.1 Å². The van der Waals surface area contributed by atoms with Crippen LogP contribution in [0.25, 0.3) is 0 Å². The molecule has 0 radical (unpaired) electrons. The molecule has 2 atom stereocenters. The van der Waals surface area contributed by atoms with Gasteiger partial charge in [0.2, 0.25) is 5.91 Å². The van der Waals surface area contributed by atoms with Crippen molar-refractivity contribution in [3.05, 3.63) is 59.7 Å². The quantitative estimate of drug-likeness (QED) is 0.798. The smallest absolute Gasteiger partial charge is 0.310 e. The summed E-state index contributed by atoms with van der Waals surface area (Å²) < 4.78 is 5.21. The molecule has 5 heteroatoms. The Labute approximate surface area is 147 Å². The Balaban J connectivity index is 2.02. The summed E-state index contributed by atoms with van der Waals surface area (Å²) in [6.07, 6.45) is 0.325. The molecule has 5 nitrogen and oxygen atoms in total. The molecule has 0 aromatic heterocycles. The minimum absolute atomic E-state index is 0.0382. The highest BCUT2D eigenvalue weighted by atomic mass is 16.5. The zero-order chi connectivity index (χ0) is 18.4. The molecule has 0 aliphatic rings. The zero-order valence-electron chi connectivity index (χ0n) is 14.7. The molecule has 0 aliphatic heterocycles. The van der Waals surface area contributed by atoms with Crippen molar-refractivity contribution < 1.29 is 19.4 Å². The van der Waals surface area contributed by atoms with E-state index in [1.165, 1.54) is 0 Å². The molecule has 0 heterocycles. The third-order valence-corrected chi connectivity index (χ3v) is 4.20. The first-order valence-corrected chi connectivity index (χ1v) is 8.17. The van der Waals surface area contributed by atoms with E-state index in [-0.39, 0.29) is 11.8 Å². The maximum absolute atomic E-state index is 12.3. The van der Waals surface area contributed by atoms with Gasteiger partial charge in [-0.25, -0.2) is 0 Å². The second-order valence-electron chi connectivity index (χ2n) is 6.12. The standard InChI is InChI=1S/C20H23NO4/c1-13(15-6-5-9-18(12-15)25-3)10-19(22)21-17-8-4-7-16(11-17)14(2)20(23)24/h4-9,11-14H,10H2,1-3H3,(H,21,22)(H,23,24). The normalized spacial score (nSPS) is 12.9. The van der Waals surface area contributed by atoms with E-state index in [0.717, 1.165) is 11.3 Å². The molecule has 1 amide bonds. The fourth-order valence-electron chi connectivity index (χ4n) is 2.58. The van der Waals surface area contributed by atoms with Crippen molar-refractivity contribution in [2.24, 2.45) is 0 Å². The Kier molecular flexibility index (Phi) is 6.17. The number of nitrogens with one attached hydrogen (secondary N) is 1. The third kappa shape index (κ3) is 5.08. The number of methoxy groups -OCH3 is 1. The van der Waals surface area contributed by atoms with Crippen molar-refractivity contribution in [2.75, 3.05) is 12.4 Å². The van der Waals surface area contributed by atoms with Gasteiger partial charge in [-0.1, -0.05) is 31.2 Å². The lowest BCUT2D eigenvalue weighted by atomic mass is 9.97. The molecule has 0 aliphatic carbocycles. The predicted octanol–water partition coefficient (Wildman–Crippen LogP) is 4.02. The van der Waals surface area contributed by atoms with Gasteiger partial charge in [-0.3, -0.25) is 9.59 Å². The lowest BCUT2D eigenvalue weighted by molar-refractivity contribution is -0.138. The van der Waals surface area contributed by atoms with Gasteiger partial charge in [-0.05, 0) is 48.2 Å². The van der Waals surface area contributed by atoms with Crippen LogP contribution >= 0.6 is 0 Å². The summed E-state index contributed by atoms with van der Waals surface area (Å²) in [5.74, 6) is -0.825. The number of anilines is 1. The maximum Gasteiger partial charge on any atom is 0.310 e. The molecule has 2 aromatic rings. The summed E-state index contributed by atoms with van der Waals surface area (Å²) in [6, 6.07) is 14.6. The molecular weight excluding hydrogens is 318 g/mol. The zero-order valence-corrected chi connectivity index (χ0v) is 14.7. The second-order valence-corrected chi connectivity index (χ2v) is 6.12. The van der Waals surface area contributed by atoms with Gasteiger partial charge in [-0.15, -0.1) is 0 Å². The molecule has 0 spiro atoms. The summed E-state index contributed by atoms with van der Waals surface area (Å²) in [5.41, 5.74) is 2.29. The number of ether oxygens (including phenoxy) is 1. The Morgan fingerprint density at radius 2 is 1.76 bits per heavy atom. The van der Waals surface area contributed by atoms with Gasteiger partial charge in [0.1, 0.15) is 5.75 Å². The van der Waals surface area contributed by atoms with Crippen molar-refractivity contribution in [3.63, 3.8) is 0 Å². The monoisotopic (exact) mass is 341 g/mol. The van der Waals surface area contributed by atoms with E-state index < -0.39 is 11.9 Å². The average Bonchev–Trinajstić information content (AvgIpc) is 2.61. The SMILES string of the molecule is COc1cccc(C(C)CC(=O)Nc2cccc(C(C)C(=O)O)c2)c1. The number of amides is 1. The number of carboxylic acid groups (broad SMARTS) is 1. The average molecular weight is 341 g/mol. The van der Waals surface area contributed by atoms with Crippen molar-refractivity contribution in [1.29, 1.82) is 0 Å². The molecule has 2 N–H and O–H groups in total. The largest absolute Gasteiger partial charge is 0.497 e. The van der Waals surface area contributed by atoms with Gasteiger partial charge in [0.05, 0.1) is 13.0 Å². The van der Waals surface area contributed by atoms with Crippen LogP contribution in [0.4, 0.5) is 5.69 Å². The third-order valence-electron chi connectivity index (χ3n) is 4.20. The number of carbonyl (C=O) groups is 2. The maximum atomic E-state index is 12.3. The molecule has 0 saturated carbocycles. The van der Waals surface area contributed by atoms with Crippen LogP contribution in [0, 0.1) is 0 Å². The topological polar surface area (TPSA) is 75.6 Å². The number of carbonyl (C=O) groups excluding carboxylic acids is 1. The van der Waals surface area contributed by atoms with Crippen molar-refractivity contribution in [3.8, 4) is 5.75 Å². The van der Waals surface area contributed by atoms with Gasteiger partial charge >= 0.3 is 5.97 Å². The van der Waals surface area contributed by atoms with E-state index in [4.69, 9.17) is 9.84 Å². The van der Waals surface area contributed by atoms with Crippen LogP contribution < -0.4 is 10.1 Å². The van der Waals surface area contributed by atoms with Crippen LogP contribution in [-0.4, -0.2) is 24.1 Å². The van der Waals surface area contributed by atoms with Crippen LogP contribution in [0.3, 0.4) is 0 Å². The van der Waals surface area contributed by atoms with Crippen LogP contribution in [0.1, 0.15) is 43.2 Å². The van der Waals surface area contributed by atoms with E-state index in [1.807, 2.05) is 31.2 Å². The molecule has 2 rings (SSSR count). The minimum Gasteiger partial charge on any atom is -0.497 e. The lowest BCUT2D eigenvalue weighted by Gasteiger charge is -2.14. The molecule has 0 saturated heterocycles. The van der Waals surface area contributed by atoms with Crippen molar-refractivity contribution >= 4 is 17.6 Å². The number of aliphatic carboxylic acids is 1. The molecule has 2 aromatic carbocycles. The Morgan fingerprint density at radius 3 is 2.44 bits per heavy atom. The fraction of sp³-hybridized carbons (Fsp3) is 0.300. The van der Waals surface area contributed by atoms with Gasteiger partial charge < -0.3 is 15.2 Å². The fourth-order valence-corrected chi connectivity index (χ4v) is 2.58. The van der Waals surface area contributed by atoms with E-state index in [1.54, 1.807) is 38.3 Å². The molecule has 0 fully saturated rings. The van der Waals surface area contributed by atoms with E-state index >= 15 is 0 Å². The minimum atomic E-state index is -0.893. The first-order chi connectivity index (χ1) is 11.9. The Morgan fingerprint density at radius 1 is 1.08 bits per heavy atom. The number of carboxylic acids is 1. The summed E-state index contributed by atoms with van der Waals surface area (Å²) in [6.45, 7) is 3.60. The highest BCUT2D eigenvalue weighted by Gasteiger charge is 2.15. The summed E-state index contributed by atoms with van der Waals surface area (Å²) in [4.78, 5) is 23.4. The van der Waals surface area contributed by atoms with Crippen molar-refractivity contribution in [1.82, 2.24) is 0 Å². The number of hydrogen-bond donors (Lipinski definition) is 2. The number of hydrogen-bond acceptors (Lipinski definition) is 3. The van der Waals surface area contributed by atoms with Crippen LogP contribution in [0.15, 0.2) is 48.5 Å². The van der Waals surface area contributed by atoms with Crippen LogP contribution in [-0.2, 0) is 9.59 Å². The molecular formula is C20H23NO4. The van der Waals surface area contributed by atoms with E-state index in [0.29, 0.717) is 17.7 Å². The van der Waals surface area contributed by atoms with E-state index in [2.05, 4.69) is 5.32 Å². The van der Waals surface area contributed by atoms with E-state index in [9.17, 15) is 9.59 Å². The van der Waals surface area contributed by atoms with Gasteiger partial charge in [0.15, 0.2) is 0 Å². The second kappa shape index (κ2) is 8.33. The van der Waals surface area contributed by atoms with Gasteiger partial charge in [-0.2, -0.15) is 0 Å². The summed E-state index contributed by atoms with van der Waals surface area (Å²) in [7, 11) is 1.61. The molecule has 0 bridgehead atoms. The summed E-state index contributed by atoms with van der Waals surface area (Å²) in [5, 5.41) is 11.9. The predicted molar refractivity (Wildman–Crippen MR) is 97.1 cm³/mol. The molecule has 25 heavy (non-hydrogen) atoms. The number of benzene rings is 2.